The molecule has 0 aromatic heterocycles. The molecule has 1 amide bonds. The largest absolute Gasteiger partial charge is 0.493 e. The van der Waals surface area contributed by atoms with Gasteiger partial charge in [-0.25, -0.2) is 4.79 Å². The third kappa shape index (κ3) is 3.40. The predicted octanol–water partition coefficient (Wildman–Crippen LogP) is 3.13. The molecule has 1 atom stereocenters. The van der Waals surface area contributed by atoms with Crippen molar-refractivity contribution in [1.82, 2.24) is 0 Å². The van der Waals surface area contributed by atoms with Gasteiger partial charge in [-0.2, -0.15) is 0 Å². The summed E-state index contributed by atoms with van der Waals surface area (Å²) in [7, 11) is 2.83. The molecule has 2 N–H and O–H groups in total. The van der Waals surface area contributed by atoms with E-state index in [1.54, 1.807) is 0 Å². The van der Waals surface area contributed by atoms with Crippen molar-refractivity contribution < 1.29 is 28.9 Å². The van der Waals surface area contributed by atoms with E-state index in [-0.39, 0.29) is 35.3 Å². The van der Waals surface area contributed by atoms with E-state index in [4.69, 9.17) is 14.2 Å². The van der Waals surface area contributed by atoms with Crippen molar-refractivity contribution in [1.29, 1.82) is 0 Å². The van der Waals surface area contributed by atoms with Gasteiger partial charge in [0.05, 0.1) is 25.5 Å². The molecular weight excluding hydrogens is 350 g/mol. The van der Waals surface area contributed by atoms with Gasteiger partial charge in [-0.05, 0) is 43.2 Å². The summed E-state index contributed by atoms with van der Waals surface area (Å²) in [6, 6.07) is 6.57. The highest BCUT2D eigenvalue weighted by Gasteiger charge is 2.32. The number of hydrogen-bond acceptors (Lipinski definition) is 5. The highest BCUT2D eigenvalue weighted by molar-refractivity contribution is 6.00. The minimum absolute atomic E-state index is 0.0162. The van der Waals surface area contributed by atoms with Gasteiger partial charge in [0.15, 0.2) is 11.5 Å². The summed E-state index contributed by atoms with van der Waals surface area (Å²) in [6.07, 6.45) is 0. The molecular formula is C20H21NO6. The second-order valence-electron chi connectivity index (χ2n) is 6.39. The van der Waals surface area contributed by atoms with E-state index in [2.05, 4.69) is 5.32 Å². The molecule has 1 heterocycles. The van der Waals surface area contributed by atoms with E-state index in [0.717, 1.165) is 16.7 Å². The fourth-order valence-electron chi connectivity index (χ4n) is 3.09. The molecule has 0 radical (unpaired) electrons. The number of amides is 1. The number of nitrogens with one attached hydrogen (secondary N) is 1. The van der Waals surface area contributed by atoms with Gasteiger partial charge in [0.1, 0.15) is 18.3 Å². The molecule has 0 fully saturated rings. The first-order valence-corrected chi connectivity index (χ1v) is 8.39. The summed E-state index contributed by atoms with van der Waals surface area (Å²) in [5, 5.41) is 12.1. The second-order valence-corrected chi connectivity index (χ2v) is 6.39. The third-order valence-corrected chi connectivity index (χ3v) is 4.71. The number of aryl methyl sites for hydroxylation is 2. The molecule has 7 nitrogen and oxygen atoms in total. The Kier molecular flexibility index (Phi) is 4.94. The molecule has 2 aromatic carbocycles. The molecule has 27 heavy (non-hydrogen) atoms. The average Bonchev–Trinajstić information content (AvgIpc) is 3.03. The fourth-order valence-corrected chi connectivity index (χ4v) is 3.09. The van der Waals surface area contributed by atoms with Crippen molar-refractivity contribution in [3.8, 4) is 17.2 Å². The van der Waals surface area contributed by atoms with Crippen molar-refractivity contribution >= 4 is 17.6 Å². The number of fused-ring (bicyclic) bond motifs is 1. The van der Waals surface area contributed by atoms with Gasteiger partial charge in [-0.1, -0.05) is 6.07 Å². The number of carboxylic acids is 1. The number of methoxy groups -OCH3 is 2. The van der Waals surface area contributed by atoms with Crippen LogP contribution in [0, 0.1) is 13.8 Å². The lowest BCUT2D eigenvalue weighted by Gasteiger charge is -2.16. The Bertz CT molecular complexity index is 921. The van der Waals surface area contributed by atoms with Gasteiger partial charge in [0.2, 0.25) is 5.91 Å². The normalized spacial score (nSPS) is 14.9. The molecule has 0 saturated heterocycles. The standard InChI is InChI=1S/C20H21NO6/c1-10-5-13-14(9-27-16(13)6-11(10)2)19(22)21-15-7-12(20(23)24)8-17(25-3)18(15)26-4/h5-8,14H,9H2,1-4H3,(H,21,22)(H,23,24). The van der Waals surface area contributed by atoms with Crippen molar-refractivity contribution in [2.24, 2.45) is 0 Å². The van der Waals surface area contributed by atoms with Gasteiger partial charge in [0, 0.05) is 5.56 Å². The first-order chi connectivity index (χ1) is 12.8. The maximum Gasteiger partial charge on any atom is 0.335 e. The SMILES string of the molecule is COc1cc(C(=O)O)cc(NC(=O)C2COc3cc(C)c(C)cc32)c1OC. The van der Waals surface area contributed by atoms with Crippen molar-refractivity contribution in [3.05, 3.63) is 46.5 Å². The van der Waals surface area contributed by atoms with Crippen LogP contribution in [0.1, 0.15) is 33.0 Å². The van der Waals surface area contributed by atoms with Crippen LogP contribution in [-0.2, 0) is 4.79 Å². The summed E-state index contributed by atoms with van der Waals surface area (Å²) < 4.78 is 16.2. The predicted molar refractivity (Wildman–Crippen MR) is 99.3 cm³/mol. The zero-order valence-electron chi connectivity index (χ0n) is 15.6. The zero-order chi connectivity index (χ0) is 19.7. The van der Waals surface area contributed by atoms with Crippen LogP contribution in [0.15, 0.2) is 24.3 Å². The summed E-state index contributed by atoms with van der Waals surface area (Å²) in [5.41, 5.74) is 3.20. The Morgan fingerprint density at radius 1 is 1.11 bits per heavy atom. The summed E-state index contributed by atoms with van der Waals surface area (Å²) in [4.78, 5) is 24.3. The molecule has 7 heteroatoms. The van der Waals surface area contributed by atoms with Crippen LogP contribution in [-0.4, -0.2) is 37.8 Å². The number of carbonyl (C=O) groups is 2. The molecule has 1 aliphatic heterocycles. The molecule has 0 spiro atoms. The molecule has 142 valence electrons. The van der Waals surface area contributed by atoms with Gasteiger partial charge >= 0.3 is 5.97 Å². The minimum Gasteiger partial charge on any atom is -0.493 e. The maximum atomic E-state index is 12.9. The van der Waals surface area contributed by atoms with Crippen LogP contribution >= 0.6 is 0 Å². The van der Waals surface area contributed by atoms with Gasteiger partial charge in [-0.3, -0.25) is 4.79 Å². The molecule has 0 saturated carbocycles. The minimum atomic E-state index is -1.13. The number of benzene rings is 2. The number of carboxylic acid groups (broad SMARTS) is 1. The first-order valence-electron chi connectivity index (χ1n) is 8.39. The van der Waals surface area contributed by atoms with E-state index in [0.29, 0.717) is 5.75 Å². The molecule has 0 bridgehead atoms. The molecule has 3 rings (SSSR count). The lowest BCUT2D eigenvalue weighted by Crippen LogP contribution is -2.23. The Morgan fingerprint density at radius 3 is 2.44 bits per heavy atom. The Balaban J connectivity index is 1.95. The van der Waals surface area contributed by atoms with E-state index in [1.807, 2.05) is 26.0 Å². The second kappa shape index (κ2) is 7.19. The average molecular weight is 371 g/mol. The number of hydrogen-bond donors (Lipinski definition) is 2. The van der Waals surface area contributed by atoms with Crippen molar-refractivity contribution in [2.75, 3.05) is 26.1 Å². The number of rotatable bonds is 5. The van der Waals surface area contributed by atoms with E-state index >= 15 is 0 Å². The first kappa shape index (κ1) is 18.6. The third-order valence-electron chi connectivity index (χ3n) is 4.71. The Labute approximate surface area is 156 Å². The molecule has 1 unspecified atom stereocenters. The van der Waals surface area contributed by atoms with Crippen molar-refractivity contribution in [2.45, 2.75) is 19.8 Å². The highest BCUT2D eigenvalue weighted by atomic mass is 16.5. The van der Waals surface area contributed by atoms with Crippen LogP contribution < -0.4 is 19.5 Å². The lowest BCUT2D eigenvalue weighted by atomic mass is 9.96. The number of anilines is 1. The monoisotopic (exact) mass is 371 g/mol. The quantitative estimate of drug-likeness (QED) is 0.839. The van der Waals surface area contributed by atoms with E-state index < -0.39 is 11.9 Å². The summed E-state index contributed by atoms with van der Waals surface area (Å²) in [6.45, 7) is 4.19. The number of carbonyl (C=O) groups excluding carboxylic acids is 1. The van der Waals surface area contributed by atoms with Gasteiger partial charge in [0.25, 0.3) is 0 Å². The smallest absolute Gasteiger partial charge is 0.335 e. The van der Waals surface area contributed by atoms with Gasteiger partial charge in [-0.15, -0.1) is 0 Å². The van der Waals surface area contributed by atoms with E-state index in [1.165, 1.54) is 26.4 Å². The number of aromatic carboxylic acids is 1. The van der Waals surface area contributed by atoms with Crippen LogP contribution in [0.2, 0.25) is 0 Å². The Hall–Kier alpha value is -3.22. The summed E-state index contributed by atoms with van der Waals surface area (Å²) in [5.74, 6) is -0.755. The molecule has 0 aliphatic carbocycles. The highest BCUT2D eigenvalue weighted by Crippen LogP contribution is 2.40. The Morgan fingerprint density at radius 2 is 1.81 bits per heavy atom. The van der Waals surface area contributed by atoms with Crippen LogP contribution in [0.25, 0.3) is 0 Å². The maximum absolute atomic E-state index is 12.9. The summed E-state index contributed by atoms with van der Waals surface area (Å²) >= 11 is 0. The van der Waals surface area contributed by atoms with Crippen LogP contribution in [0.4, 0.5) is 5.69 Å². The fraction of sp³-hybridized carbons (Fsp3) is 0.300. The zero-order valence-corrected chi connectivity index (χ0v) is 15.6. The van der Waals surface area contributed by atoms with E-state index in [9.17, 15) is 14.7 Å². The number of ether oxygens (including phenoxy) is 3. The van der Waals surface area contributed by atoms with Crippen LogP contribution in [0.5, 0.6) is 17.2 Å². The van der Waals surface area contributed by atoms with Gasteiger partial charge < -0.3 is 24.6 Å². The lowest BCUT2D eigenvalue weighted by molar-refractivity contribution is -0.117. The van der Waals surface area contributed by atoms with Crippen molar-refractivity contribution in [3.63, 3.8) is 0 Å². The molecule has 2 aromatic rings. The van der Waals surface area contributed by atoms with Crippen LogP contribution in [0.3, 0.4) is 0 Å². The topological polar surface area (TPSA) is 94.1 Å². The molecule has 1 aliphatic rings.